The minimum Gasteiger partial charge on any atom is -0.368 e. The average molecular weight is 341 g/mol. The van der Waals surface area contributed by atoms with Crippen LogP contribution in [0.1, 0.15) is 32.1 Å². The van der Waals surface area contributed by atoms with Crippen molar-refractivity contribution in [3.05, 3.63) is 30.3 Å². The van der Waals surface area contributed by atoms with E-state index in [-0.39, 0.29) is 17.7 Å². The van der Waals surface area contributed by atoms with Crippen LogP contribution < -0.4 is 4.90 Å². The van der Waals surface area contributed by atoms with Crippen molar-refractivity contribution in [3.8, 4) is 0 Å². The average Bonchev–Trinajstić information content (AvgIpc) is 3.31. The SMILES string of the molecule is O=C([C@H]1CC(=O)N(C2CCCC2)C1)N1CCN(c2ccccc2)CC1. The molecule has 1 saturated carbocycles. The van der Waals surface area contributed by atoms with Gasteiger partial charge < -0.3 is 14.7 Å². The van der Waals surface area contributed by atoms with Gasteiger partial charge in [-0.1, -0.05) is 31.0 Å². The maximum atomic E-state index is 12.9. The third-order valence-corrected chi connectivity index (χ3v) is 5.99. The molecule has 5 nitrogen and oxygen atoms in total. The fourth-order valence-electron chi connectivity index (χ4n) is 4.55. The Morgan fingerprint density at radius 2 is 1.64 bits per heavy atom. The summed E-state index contributed by atoms with van der Waals surface area (Å²) in [6, 6.07) is 10.7. The van der Waals surface area contributed by atoms with E-state index in [4.69, 9.17) is 0 Å². The van der Waals surface area contributed by atoms with E-state index in [0.717, 1.165) is 39.0 Å². The standard InChI is InChI=1S/C20H27N3O2/c24-19-14-16(15-23(19)18-8-4-5-9-18)20(25)22-12-10-21(11-13-22)17-6-2-1-3-7-17/h1-3,6-7,16,18H,4-5,8-15H2/t16-/m0/s1. The molecule has 3 aliphatic rings. The van der Waals surface area contributed by atoms with Gasteiger partial charge in [-0.2, -0.15) is 0 Å². The van der Waals surface area contributed by atoms with Crippen LogP contribution in [-0.4, -0.2) is 60.4 Å². The highest BCUT2D eigenvalue weighted by atomic mass is 16.2. The number of likely N-dealkylation sites (tertiary alicyclic amines) is 1. The highest BCUT2D eigenvalue weighted by molar-refractivity contribution is 5.89. The summed E-state index contributed by atoms with van der Waals surface area (Å²) in [4.78, 5) is 31.5. The van der Waals surface area contributed by atoms with E-state index in [1.165, 1.54) is 18.5 Å². The van der Waals surface area contributed by atoms with Crippen LogP contribution in [0.4, 0.5) is 5.69 Å². The first-order chi connectivity index (χ1) is 12.2. The summed E-state index contributed by atoms with van der Waals surface area (Å²) in [5.41, 5.74) is 1.22. The second kappa shape index (κ2) is 7.06. The van der Waals surface area contributed by atoms with Crippen LogP contribution in [0.5, 0.6) is 0 Å². The van der Waals surface area contributed by atoms with E-state index in [1.807, 2.05) is 15.9 Å². The van der Waals surface area contributed by atoms with Crippen molar-refractivity contribution in [1.82, 2.24) is 9.80 Å². The zero-order chi connectivity index (χ0) is 17.2. The van der Waals surface area contributed by atoms with Gasteiger partial charge in [-0.3, -0.25) is 9.59 Å². The molecule has 2 amide bonds. The molecule has 0 N–H and O–H groups in total. The van der Waals surface area contributed by atoms with Crippen molar-refractivity contribution in [1.29, 1.82) is 0 Å². The van der Waals surface area contributed by atoms with Crippen molar-refractivity contribution in [2.45, 2.75) is 38.1 Å². The van der Waals surface area contributed by atoms with Crippen LogP contribution in [0.25, 0.3) is 0 Å². The Morgan fingerprint density at radius 1 is 0.960 bits per heavy atom. The van der Waals surface area contributed by atoms with Gasteiger partial charge in [-0.05, 0) is 25.0 Å². The highest BCUT2D eigenvalue weighted by Gasteiger charge is 2.40. The zero-order valence-corrected chi connectivity index (χ0v) is 14.8. The van der Waals surface area contributed by atoms with Crippen LogP contribution >= 0.6 is 0 Å². The Hall–Kier alpha value is -2.04. The first-order valence-electron chi connectivity index (χ1n) is 9.60. The molecule has 1 atom stereocenters. The van der Waals surface area contributed by atoms with E-state index in [2.05, 4.69) is 29.2 Å². The molecule has 1 aliphatic carbocycles. The van der Waals surface area contributed by atoms with E-state index in [1.54, 1.807) is 0 Å². The van der Waals surface area contributed by atoms with Gasteiger partial charge in [-0.25, -0.2) is 0 Å². The smallest absolute Gasteiger partial charge is 0.228 e. The molecule has 3 fully saturated rings. The number of piperazine rings is 1. The molecule has 5 heteroatoms. The second-order valence-corrected chi connectivity index (χ2v) is 7.53. The molecule has 0 aromatic heterocycles. The molecule has 0 unspecified atom stereocenters. The van der Waals surface area contributed by atoms with E-state index in [9.17, 15) is 9.59 Å². The maximum absolute atomic E-state index is 12.9. The molecule has 1 aromatic rings. The highest BCUT2D eigenvalue weighted by Crippen LogP contribution is 2.30. The third-order valence-electron chi connectivity index (χ3n) is 5.99. The molecule has 2 saturated heterocycles. The van der Waals surface area contributed by atoms with Gasteiger partial charge in [0.25, 0.3) is 0 Å². The summed E-state index contributed by atoms with van der Waals surface area (Å²) in [5.74, 6) is 0.242. The molecule has 0 bridgehead atoms. The topological polar surface area (TPSA) is 43.9 Å². The zero-order valence-electron chi connectivity index (χ0n) is 14.8. The van der Waals surface area contributed by atoms with Gasteiger partial charge in [0.2, 0.25) is 11.8 Å². The molecule has 134 valence electrons. The maximum Gasteiger partial charge on any atom is 0.228 e. The van der Waals surface area contributed by atoms with Gasteiger partial charge in [-0.15, -0.1) is 0 Å². The number of rotatable bonds is 3. The van der Waals surface area contributed by atoms with E-state index < -0.39 is 0 Å². The first-order valence-corrected chi connectivity index (χ1v) is 9.60. The number of anilines is 1. The monoisotopic (exact) mass is 341 g/mol. The summed E-state index contributed by atoms with van der Waals surface area (Å²) in [6.07, 6.45) is 5.07. The Morgan fingerprint density at radius 3 is 2.32 bits per heavy atom. The largest absolute Gasteiger partial charge is 0.368 e. The summed E-state index contributed by atoms with van der Waals surface area (Å²) >= 11 is 0. The summed E-state index contributed by atoms with van der Waals surface area (Å²) < 4.78 is 0. The van der Waals surface area contributed by atoms with Gasteiger partial charge in [0.15, 0.2) is 0 Å². The van der Waals surface area contributed by atoms with Gasteiger partial charge in [0.1, 0.15) is 0 Å². The molecule has 2 heterocycles. The molecule has 1 aromatic carbocycles. The predicted molar refractivity (Wildman–Crippen MR) is 97.3 cm³/mol. The molecule has 0 spiro atoms. The van der Waals surface area contributed by atoms with Crippen molar-refractivity contribution in [2.24, 2.45) is 5.92 Å². The quantitative estimate of drug-likeness (QED) is 0.846. The molecular formula is C20H27N3O2. The lowest BCUT2D eigenvalue weighted by atomic mass is 10.1. The number of carbonyl (C=O) groups is 2. The van der Waals surface area contributed by atoms with Crippen LogP contribution in [0, 0.1) is 5.92 Å². The Kier molecular flexibility index (Phi) is 4.64. The van der Waals surface area contributed by atoms with Gasteiger partial charge in [0, 0.05) is 50.9 Å². The second-order valence-electron chi connectivity index (χ2n) is 7.53. The fourth-order valence-corrected chi connectivity index (χ4v) is 4.55. The Bertz CT molecular complexity index is 619. The number of amides is 2. The van der Waals surface area contributed by atoms with Crippen molar-refractivity contribution >= 4 is 17.5 Å². The third kappa shape index (κ3) is 3.37. The first kappa shape index (κ1) is 16.4. The van der Waals surface area contributed by atoms with Crippen molar-refractivity contribution in [3.63, 3.8) is 0 Å². The number of hydrogen-bond donors (Lipinski definition) is 0. The minimum atomic E-state index is -0.128. The molecule has 0 radical (unpaired) electrons. The van der Waals surface area contributed by atoms with Gasteiger partial charge in [0.05, 0.1) is 5.92 Å². The van der Waals surface area contributed by atoms with Crippen LogP contribution in [0.2, 0.25) is 0 Å². The normalized spacial score (nSPS) is 25.0. The number of para-hydroxylation sites is 1. The van der Waals surface area contributed by atoms with Gasteiger partial charge >= 0.3 is 0 Å². The van der Waals surface area contributed by atoms with E-state index >= 15 is 0 Å². The fraction of sp³-hybridized carbons (Fsp3) is 0.600. The number of carbonyl (C=O) groups excluding carboxylic acids is 2. The summed E-state index contributed by atoms with van der Waals surface area (Å²) in [5, 5.41) is 0. The summed E-state index contributed by atoms with van der Waals surface area (Å²) in [6.45, 7) is 3.87. The molecule has 25 heavy (non-hydrogen) atoms. The van der Waals surface area contributed by atoms with Crippen LogP contribution in [-0.2, 0) is 9.59 Å². The van der Waals surface area contributed by atoms with Crippen LogP contribution in [0.3, 0.4) is 0 Å². The lowest BCUT2D eigenvalue weighted by Gasteiger charge is -2.37. The Balaban J connectivity index is 1.32. The molecule has 4 rings (SSSR count). The number of nitrogens with zero attached hydrogens (tertiary/aromatic N) is 3. The van der Waals surface area contributed by atoms with Crippen molar-refractivity contribution in [2.75, 3.05) is 37.6 Å². The number of benzene rings is 1. The molecular weight excluding hydrogens is 314 g/mol. The lowest BCUT2D eigenvalue weighted by Crippen LogP contribution is -2.50. The number of hydrogen-bond acceptors (Lipinski definition) is 3. The Labute approximate surface area is 149 Å². The van der Waals surface area contributed by atoms with Crippen LogP contribution in [0.15, 0.2) is 30.3 Å². The lowest BCUT2D eigenvalue weighted by molar-refractivity contribution is -0.136. The van der Waals surface area contributed by atoms with Crippen molar-refractivity contribution < 1.29 is 9.59 Å². The molecule has 2 aliphatic heterocycles. The minimum absolute atomic E-state index is 0.128. The summed E-state index contributed by atoms with van der Waals surface area (Å²) in [7, 11) is 0. The van der Waals surface area contributed by atoms with E-state index in [0.29, 0.717) is 19.0 Å². The predicted octanol–water partition coefficient (Wildman–Crippen LogP) is 2.13.